The monoisotopic (exact) mass is 441 g/mol. The molecule has 0 aliphatic rings. The van der Waals surface area contributed by atoms with Crippen LogP contribution in [0.4, 0.5) is 5.69 Å². The van der Waals surface area contributed by atoms with Crippen LogP contribution in [0.3, 0.4) is 0 Å². The number of hydrogen-bond acceptors (Lipinski definition) is 7. The van der Waals surface area contributed by atoms with E-state index in [2.05, 4.69) is 9.97 Å². The zero-order valence-corrected chi connectivity index (χ0v) is 16.8. The van der Waals surface area contributed by atoms with Gasteiger partial charge in [0.05, 0.1) is 28.0 Å². The molecule has 0 saturated heterocycles. The van der Waals surface area contributed by atoms with Crippen molar-refractivity contribution in [1.29, 1.82) is 0 Å². The Hall–Kier alpha value is -3.36. The molecule has 0 saturated carbocycles. The first-order chi connectivity index (χ1) is 13.9. The van der Waals surface area contributed by atoms with Crippen LogP contribution in [0.25, 0.3) is 16.7 Å². The molecule has 0 fully saturated rings. The van der Waals surface area contributed by atoms with Crippen molar-refractivity contribution in [3.63, 3.8) is 0 Å². The van der Waals surface area contributed by atoms with E-state index in [-0.39, 0.29) is 16.9 Å². The fourth-order valence-electron chi connectivity index (χ4n) is 2.74. The van der Waals surface area contributed by atoms with E-state index < -0.39 is 26.4 Å². The minimum absolute atomic E-state index is 0.179. The fraction of sp³-hybridized carbons (Fsp3) is 0.312. The van der Waals surface area contributed by atoms with Gasteiger partial charge < -0.3 is 9.55 Å². The average molecular weight is 441 g/mol. The lowest BCUT2D eigenvalue weighted by Crippen LogP contribution is -2.36. The topological polar surface area (TPSA) is 190 Å². The van der Waals surface area contributed by atoms with Crippen molar-refractivity contribution in [2.45, 2.75) is 33.2 Å². The maximum Gasteiger partial charge on any atom is 0.394 e. The number of nitrogens with zero attached hydrogens (tertiary/aromatic N) is 4. The number of fused-ring (bicyclic) bond motifs is 1. The van der Waals surface area contributed by atoms with Crippen LogP contribution in [0.5, 0.6) is 0 Å². The lowest BCUT2D eigenvalue weighted by atomic mass is 10.2. The third kappa shape index (κ3) is 5.59. The summed E-state index contributed by atoms with van der Waals surface area (Å²) in [5.41, 5.74) is 0.0694. The SMILES string of the molecule is CCCCn1c(=O)c(=O)[nH]c2cc([N+](=O)[O-])c(-n3cnc(C)c3)cc21.O=S(=O)(O)O. The summed E-state index contributed by atoms with van der Waals surface area (Å²) in [6, 6.07) is 2.82. The molecule has 30 heavy (non-hydrogen) atoms. The van der Waals surface area contributed by atoms with Crippen LogP contribution in [-0.2, 0) is 16.9 Å². The van der Waals surface area contributed by atoms with Crippen molar-refractivity contribution in [2.24, 2.45) is 0 Å². The number of aromatic amines is 1. The van der Waals surface area contributed by atoms with E-state index >= 15 is 0 Å². The number of imidazole rings is 1. The molecule has 0 unspecified atom stereocenters. The highest BCUT2D eigenvalue weighted by Gasteiger charge is 2.20. The van der Waals surface area contributed by atoms with E-state index in [1.165, 1.54) is 21.5 Å². The van der Waals surface area contributed by atoms with Gasteiger partial charge in [-0.3, -0.25) is 33.4 Å². The van der Waals surface area contributed by atoms with Crippen molar-refractivity contribution in [3.8, 4) is 5.69 Å². The fourth-order valence-corrected chi connectivity index (χ4v) is 2.74. The van der Waals surface area contributed by atoms with Crippen molar-refractivity contribution in [2.75, 3.05) is 0 Å². The molecular formula is C16H19N5O8S. The Kier molecular flexibility index (Phi) is 6.86. The van der Waals surface area contributed by atoms with Crippen LogP contribution in [0.1, 0.15) is 25.5 Å². The summed E-state index contributed by atoms with van der Waals surface area (Å²) in [5, 5.41) is 11.5. The van der Waals surface area contributed by atoms with Crippen molar-refractivity contribution in [1.82, 2.24) is 19.1 Å². The number of nitro benzene ring substituents is 1. The zero-order valence-electron chi connectivity index (χ0n) is 16.0. The summed E-state index contributed by atoms with van der Waals surface area (Å²) >= 11 is 0. The van der Waals surface area contributed by atoms with Crippen LogP contribution >= 0.6 is 0 Å². The van der Waals surface area contributed by atoms with Crippen LogP contribution in [0.2, 0.25) is 0 Å². The number of nitro groups is 1. The molecular weight excluding hydrogens is 422 g/mol. The molecule has 2 aromatic heterocycles. The Labute approximate surface area is 169 Å². The maximum atomic E-state index is 12.2. The number of nitrogens with one attached hydrogen (secondary N) is 1. The van der Waals surface area contributed by atoms with Crippen molar-refractivity contribution >= 4 is 27.1 Å². The number of aryl methyl sites for hydroxylation is 2. The van der Waals surface area contributed by atoms with Gasteiger partial charge in [0.25, 0.3) is 5.69 Å². The smallest absolute Gasteiger partial charge is 0.316 e. The summed E-state index contributed by atoms with van der Waals surface area (Å²) in [4.78, 5) is 41.6. The molecule has 0 bridgehead atoms. The first kappa shape index (κ1) is 22.9. The molecule has 0 atom stereocenters. The highest BCUT2D eigenvalue weighted by Crippen LogP contribution is 2.27. The Morgan fingerprint density at radius 1 is 1.27 bits per heavy atom. The Morgan fingerprint density at radius 3 is 2.40 bits per heavy atom. The summed E-state index contributed by atoms with van der Waals surface area (Å²) in [7, 11) is -4.67. The highest BCUT2D eigenvalue weighted by atomic mass is 32.3. The number of unbranched alkanes of at least 4 members (excludes halogenated alkanes) is 1. The molecule has 2 heterocycles. The van der Waals surface area contributed by atoms with Gasteiger partial charge in [0.1, 0.15) is 5.69 Å². The van der Waals surface area contributed by atoms with Gasteiger partial charge in [-0.05, 0) is 19.4 Å². The Morgan fingerprint density at radius 2 is 1.90 bits per heavy atom. The largest absolute Gasteiger partial charge is 0.394 e. The van der Waals surface area contributed by atoms with Gasteiger partial charge in [-0.1, -0.05) is 13.3 Å². The molecule has 0 aliphatic heterocycles. The molecule has 13 nitrogen and oxygen atoms in total. The molecule has 0 amide bonds. The van der Waals surface area contributed by atoms with Gasteiger partial charge in [-0.2, -0.15) is 8.42 Å². The van der Waals surface area contributed by atoms with Crippen LogP contribution in [-0.4, -0.2) is 41.5 Å². The Balaban J connectivity index is 0.000000575. The second-order valence-corrected chi connectivity index (χ2v) is 7.15. The minimum Gasteiger partial charge on any atom is -0.316 e. The van der Waals surface area contributed by atoms with Crippen LogP contribution in [0.15, 0.2) is 34.2 Å². The van der Waals surface area contributed by atoms with E-state index in [4.69, 9.17) is 17.5 Å². The molecule has 0 aliphatic carbocycles. The number of aromatic nitrogens is 4. The summed E-state index contributed by atoms with van der Waals surface area (Å²) < 4.78 is 34.5. The molecule has 3 N–H and O–H groups in total. The molecule has 3 aromatic rings. The highest BCUT2D eigenvalue weighted by molar-refractivity contribution is 7.79. The average Bonchev–Trinajstić information content (AvgIpc) is 3.06. The summed E-state index contributed by atoms with van der Waals surface area (Å²) in [5.74, 6) is 0. The second-order valence-electron chi connectivity index (χ2n) is 6.25. The quantitative estimate of drug-likeness (QED) is 0.226. The van der Waals surface area contributed by atoms with E-state index in [0.29, 0.717) is 17.8 Å². The predicted molar refractivity (Wildman–Crippen MR) is 106 cm³/mol. The summed E-state index contributed by atoms with van der Waals surface area (Å²) in [6.45, 7) is 4.12. The van der Waals surface area contributed by atoms with Gasteiger partial charge in [0.15, 0.2) is 0 Å². The number of hydrogen-bond donors (Lipinski definition) is 3. The number of H-pyrrole nitrogens is 1. The van der Waals surface area contributed by atoms with Crippen LogP contribution in [0, 0.1) is 17.0 Å². The lowest BCUT2D eigenvalue weighted by molar-refractivity contribution is -0.384. The molecule has 14 heteroatoms. The normalized spacial score (nSPS) is 11.2. The third-order valence-corrected chi connectivity index (χ3v) is 3.99. The first-order valence-corrected chi connectivity index (χ1v) is 9.98. The molecule has 3 rings (SSSR count). The lowest BCUT2D eigenvalue weighted by Gasteiger charge is -2.11. The molecule has 0 spiro atoms. The summed E-state index contributed by atoms with van der Waals surface area (Å²) in [6.07, 6.45) is 4.70. The number of rotatable bonds is 5. The van der Waals surface area contributed by atoms with Gasteiger partial charge in [-0.15, -0.1) is 0 Å². The predicted octanol–water partition coefficient (Wildman–Crippen LogP) is 1.24. The molecule has 162 valence electrons. The van der Waals surface area contributed by atoms with Crippen molar-refractivity contribution in [3.05, 3.63) is 61.2 Å². The molecule has 0 radical (unpaired) electrons. The van der Waals surface area contributed by atoms with Gasteiger partial charge in [0, 0.05) is 18.8 Å². The number of benzene rings is 1. The second kappa shape index (κ2) is 8.98. The standard InChI is InChI=1S/C16H17N5O4.H2O4S/c1-3-4-5-20-12-7-13(19-8-10(2)17-9-19)14(21(24)25)6-11(12)18-15(22)16(20)23;1-5(2,3)4/h6-9H,3-5H2,1-2H3,(H,18,22);(H2,1,2,3,4). The first-order valence-electron chi connectivity index (χ1n) is 8.58. The van der Waals surface area contributed by atoms with E-state index in [1.54, 1.807) is 19.2 Å². The van der Waals surface area contributed by atoms with Crippen molar-refractivity contribution < 1.29 is 22.4 Å². The molecule has 1 aromatic carbocycles. The van der Waals surface area contributed by atoms with E-state index in [0.717, 1.165) is 12.8 Å². The van der Waals surface area contributed by atoms with Gasteiger partial charge >= 0.3 is 21.5 Å². The maximum absolute atomic E-state index is 12.2. The minimum atomic E-state index is -4.67. The van der Waals surface area contributed by atoms with E-state index in [9.17, 15) is 19.7 Å². The third-order valence-electron chi connectivity index (χ3n) is 3.99. The zero-order chi connectivity index (χ0) is 22.6. The van der Waals surface area contributed by atoms with Gasteiger partial charge in [-0.25, -0.2) is 4.98 Å². The Bertz CT molecular complexity index is 1300. The van der Waals surface area contributed by atoms with Crippen LogP contribution < -0.4 is 11.1 Å². The van der Waals surface area contributed by atoms with E-state index in [1.807, 2.05) is 6.92 Å². The van der Waals surface area contributed by atoms with Gasteiger partial charge in [0.2, 0.25) is 0 Å².